The van der Waals surface area contributed by atoms with Crippen LogP contribution in [0.4, 0.5) is 9.59 Å². The van der Waals surface area contributed by atoms with E-state index in [1.807, 2.05) is 46.4 Å². The Bertz CT molecular complexity index is 578. The van der Waals surface area contributed by atoms with Crippen LogP contribution in [0.2, 0.25) is 0 Å². The molecule has 0 aromatic heterocycles. The lowest BCUT2D eigenvalue weighted by molar-refractivity contribution is -0.0213. The number of likely N-dealkylation sites (tertiary alicyclic amines) is 1. The molecule has 1 saturated heterocycles. The third-order valence-corrected chi connectivity index (χ3v) is 5.90. The van der Waals surface area contributed by atoms with Crippen molar-refractivity contribution in [1.29, 1.82) is 0 Å². The minimum Gasteiger partial charge on any atom is -0.444 e. The quantitative estimate of drug-likeness (QED) is 0.669. The second-order valence-electron chi connectivity index (χ2n) is 11.4. The summed E-state index contributed by atoms with van der Waals surface area (Å²) in [6.07, 6.45) is 4.51. The minimum atomic E-state index is -0.487. The van der Waals surface area contributed by atoms with Gasteiger partial charge in [-0.05, 0) is 84.5 Å². The number of carbonyl (C=O) groups is 2. The van der Waals surface area contributed by atoms with Crippen LogP contribution in [0.1, 0.15) is 87.5 Å². The van der Waals surface area contributed by atoms with Crippen molar-refractivity contribution in [3.8, 4) is 0 Å². The van der Waals surface area contributed by atoms with Crippen molar-refractivity contribution in [2.45, 2.75) is 105 Å². The fourth-order valence-corrected chi connectivity index (χ4v) is 4.65. The molecule has 1 heterocycles. The van der Waals surface area contributed by atoms with Gasteiger partial charge in [-0.2, -0.15) is 0 Å². The summed E-state index contributed by atoms with van der Waals surface area (Å²) in [7, 11) is 0. The summed E-state index contributed by atoms with van der Waals surface area (Å²) < 4.78 is 11.0. The molecule has 2 amide bonds. The number of carbonyl (C=O) groups excluding carboxylic acids is 2. The normalized spacial score (nSPS) is 24.6. The molecule has 2 aliphatic rings. The Labute approximate surface area is 170 Å². The molecule has 1 spiro atoms. The third-order valence-electron chi connectivity index (χ3n) is 5.90. The minimum absolute atomic E-state index is 0.0107. The van der Waals surface area contributed by atoms with E-state index in [4.69, 9.17) is 9.47 Å². The molecule has 0 aromatic carbocycles. The Morgan fingerprint density at radius 2 is 1.46 bits per heavy atom. The van der Waals surface area contributed by atoms with Crippen molar-refractivity contribution >= 4 is 12.2 Å². The Kier molecular flexibility index (Phi) is 6.32. The molecule has 0 bridgehead atoms. The van der Waals surface area contributed by atoms with Gasteiger partial charge in [-0.3, -0.25) is 0 Å². The van der Waals surface area contributed by atoms with E-state index in [0.717, 1.165) is 45.2 Å². The lowest BCUT2D eigenvalue weighted by Crippen LogP contribution is -2.54. The highest BCUT2D eigenvalue weighted by molar-refractivity contribution is 5.68. The molecule has 1 unspecified atom stereocenters. The van der Waals surface area contributed by atoms with Crippen molar-refractivity contribution in [2.24, 2.45) is 10.8 Å². The molecule has 0 aromatic rings. The number of hydrogen-bond acceptors (Lipinski definition) is 4. The van der Waals surface area contributed by atoms with Crippen molar-refractivity contribution in [1.82, 2.24) is 10.2 Å². The van der Waals surface area contributed by atoms with Crippen LogP contribution in [0.5, 0.6) is 0 Å². The first-order valence-electron chi connectivity index (χ1n) is 10.6. The first-order valence-corrected chi connectivity index (χ1v) is 10.6. The molecule has 6 nitrogen and oxygen atoms in total. The number of alkyl carbamates (subject to hydrolysis) is 1. The zero-order chi connectivity index (χ0) is 21.4. The molecule has 0 radical (unpaired) electrons. The summed E-state index contributed by atoms with van der Waals surface area (Å²) in [5.74, 6) is 0. The number of nitrogens with zero attached hydrogens (tertiary/aromatic N) is 1. The molecule has 162 valence electrons. The SMILES string of the molecule is CC(C)(C)OC(=O)NC1CCC2(CCN(C(=O)OC(C)(C)C)CC2)CC1(C)C. The van der Waals surface area contributed by atoms with Gasteiger partial charge in [0.05, 0.1) is 0 Å². The van der Waals surface area contributed by atoms with Crippen molar-refractivity contribution in [3.63, 3.8) is 0 Å². The van der Waals surface area contributed by atoms with E-state index >= 15 is 0 Å². The van der Waals surface area contributed by atoms with Crippen LogP contribution in [0.25, 0.3) is 0 Å². The van der Waals surface area contributed by atoms with Crippen LogP contribution in [-0.2, 0) is 9.47 Å². The molecule has 1 aliphatic heterocycles. The summed E-state index contributed by atoms with van der Waals surface area (Å²) in [6.45, 7) is 17.3. The summed E-state index contributed by atoms with van der Waals surface area (Å²) in [5.41, 5.74) is -0.713. The Hall–Kier alpha value is -1.46. The topological polar surface area (TPSA) is 67.9 Å². The van der Waals surface area contributed by atoms with E-state index in [2.05, 4.69) is 19.2 Å². The monoisotopic (exact) mass is 396 g/mol. The third kappa shape index (κ3) is 6.28. The predicted molar refractivity (Wildman–Crippen MR) is 110 cm³/mol. The van der Waals surface area contributed by atoms with Crippen LogP contribution in [0, 0.1) is 10.8 Å². The number of piperidine rings is 1. The Balaban J connectivity index is 1.92. The highest BCUT2D eigenvalue weighted by Gasteiger charge is 2.47. The molecule has 28 heavy (non-hydrogen) atoms. The van der Waals surface area contributed by atoms with Gasteiger partial charge in [0, 0.05) is 19.1 Å². The van der Waals surface area contributed by atoms with Crippen molar-refractivity contribution in [2.75, 3.05) is 13.1 Å². The van der Waals surface area contributed by atoms with Crippen molar-refractivity contribution in [3.05, 3.63) is 0 Å². The number of amides is 2. The number of ether oxygens (including phenoxy) is 2. The van der Waals surface area contributed by atoms with Gasteiger partial charge in [-0.15, -0.1) is 0 Å². The highest BCUT2D eigenvalue weighted by Crippen LogP contribution is 2.51. The molecular formula is C22H40N2O4. The van der Waals surface area contributed by atoms with Gasteiger partial charge in [0.2, 0.25) is 0 Å². The van der Waals surface area contributed by atoms with Gasteiger partial charge in [-0.1, -0.05) is 13.8 Å². The van der Waals surface area contributed by atoms with Gasteiger partial charge in [0.15, 0.2) is 0 Å². The summed E-state index contributed by atoms with van der Waals surface area (Å²) >= 11 is 0. The average molecular weight is 397 g/mol. The first-order chi connectivity index (χ1) is 12.6. The van der Waals surface area contributed by atoms with E-state index in [1.54, 1.807) is 0 Å². The van der Waals surface area contributed by atoms with E-state index in [9.17, 15) is 9.59 Å². The van der Waals surface area contributed by atoms with Gasteiger partial charge in [0.1, 0.15) is 11.2 Å². The molecule has 1 atom stereocenters. The predicted octanol–water partition coefficient (Wildman–Crippen LogP) is 5.11. The van der Waals surface area contributed by atoms with E-state index in [-0.39, 0.29) is 29.1 Å². The van der Waals surface area contributed by atoms with E-state index in [1.165, 1.54) is 0 Å². The standard InChI is InChI=1S/C22H40N2O4/c1-19(2,3)27-17(25)23-16-9-10-22(15-21(16,7)8)11-13-24(14-12-22)18(26)28-20(4,5)6/h16H,9-15H2,1-8H3,(H,23,25). The highest BCUT2D eigenvalue weighted by atomic mass is 16.6. The summed E-state index contributed by atoms with van der Waals surface area (Å²) in [5, 5.41) is 3.09. The number of rotatable bonds is 1. The Morgan fingerprint density at radius 1 is 0.929 bits per heavy atom. The Morgan fingerprint density at radius 3 is 1.93 bits per heavy atom. The van der Waals surface area contributed by atoms with E-state index in [0.29, 0.717) is 0 Å². The molecule has 6 heteroatoms. The van der Waals surface area contributed by atoms with Crippen molar-refractivity contribution < 1.29 is 19.1 Å². The lowest BCUT2D eigenvalue weighted by Gasteiger charge is -2.52. The zero-order valence-corrected chi connectivity index (χ0v) is 19.1. The largest absolute Gasteiger partial charge is 0.444 e. The number of nitrogens with one attached hydrogen (secondary N) is 1. The molecule has 1 aliphatic carbocycles. The first kappa shape index (κ1) is 22.8. The van der Waals surface area contributed by atoms with Crippen LogP contribution < -0.4 is 5.32 Å². The van der Waals surface area contributed by atoms with Crippen LogP contribution in [-0.4, -0.2) is 47.4 Å². The molecule has 2 fully saturated rings. The number of hydrogen-bond donors (Lipinski definition) is 1. The second-order valence-corrected chi connectivity index (χ2v) is 11.4. The van der Waals surface area contributed by atoms with E-state index < -0.39 is 11.2 Å². The second kappa shape index (κ2) is 7.75. The average Bonchev–Trinajstić information content (AvgIpc) is 2.47. The lowest BCUT2D eigenvalue weighted by atomic mass is 9.58. The van der Waals surface area contributed by atoms with Gasteiger partial charge in [0.25, 0.3) is 0 Å². The maximum atomic E-state index is 12.3. The molecule has 2 rings (SSSR count). The molecule has 1 N–H and O–H groups in total. The maximum Gasteiger partial charge on any atom is 0.410 e. The molecular weight excluding hydrogens is 356 g/mol. The van der Waals surface area contributed by atoms with Gasteiger partial charge < -0.3 is 19.7 Å². The fraction of sp³-hybridized carbons (Fsp3) is 0.909. The van der Waals surface area contributed by atoms with Gasteiger partial charge in [-0.25, -0.2) is 9.59 Å². The smallest absolute Gasteiger partial charge is 0.410 e. The summed E-state index contributed by atoms with van der Waals surface area (Å²) in [4.78, 5) is 26.4. The summed E-state index contributed by atoms with van der Waals surface area (Å²) in [6, 6.07) is 0.108. The molecule has 1 saturated carbocycles. The fourth-order valence-electron chi connectivity index (χ4n) is 4.65. The van der Waals surface area contributed by atoms with Crippen LogP contribution >= 0.6 is 0 Å². The van der Waals surface area contributed by atoms with Crippen LogP contribution in [0.3, 0.4) is 0 Å². The van der Waals surface area contributed by atoms with Gasteiger partial charge >= 0.3 is 12.2 Å². The zero-order valence-electron chi connectivity index (χ0n) is 19.1. The maximum absolute atomic E-state index is 12.3. The van der Waals surface area contributed by atoms with Crippen LogP contribution in [0.15, 0.2) is 0 Å².